The Morgan fingerprint density at radius 2 is 1.72 bits per heavy atom. The highest BCUT2D eigenvalue weighted by Crippen LogP contribution is 2.20. The second-order valence-corrected chi connectivity index (χ2v) is 5.90. The monoisotopic (exact) mass is 356 g/mol. The highest BCUT2D eigenvalue weighted by Gasteiger charge is 2.07. The van der Waals surface area contributed by atoms with Crippen molar-refractivity contribution in [2.24, 2.45) is 0 Å². The molecule has 0 fully saturated rings. The third-order valence-corrected chi connectivity index (χ3v) is 3.92. The van der Waals surface area contributed by atoms with Crippen LogP contribution in [0.2, 0.25) is 5.02 Å². The molecule has 0 heterocycles. The summed E-state index contributed by atoms with van der Waals surface area (Å²) in [6.07, 6.45) is 0. The molecule has 3 rings (SSSR count). The number of anilines is 1. The van der Waals surface area contributed by atoms with Gasteiger partial charge in [0.15, 0.2) is 0 Å². The first kappa shape index (κ1) is 17.3. The topological polar surface area (TPSA) is 33.3 Å². The van der Waals surface area contributed by atoms with E-state index >= 15 is 0 Å². The van der Waals surface area contributed by atoms with Gasteiger partial charge in [-0.05, 0) is 35.9 Å². The maximum Gasteiger partial charge on any atom is 0.148 e. The van der Waals surface area contributed by atoms with Crippen LogP contribution in [0.1, 0.15) is 11.1 Å². The van der Waals surface area contributed by atoms with E-state index in [2.05, 4.69) is 10.9 Å². The van der Waals surface area contributed by atoms with Crippen LogP contribution in [0.15, 0.2) is 72.8 Å². The molecule has 0 unspecified atom stereocenters. The molecule has 128 valence electrons. The van der Waals surface area contributed by atoms with E-state index in [9.17, 15) is 4.39 Å². The standard InChI is InChI=1S/C20H18ClFN2O/c21-19-11-5-7-16(20(19)22)14-25-18-10-4-6-15(12-18)13-23-24-17-8-2-1-3-9-17/h1-12,23-24H,13-14H2. The minimum absolute atomic E-state index is 0.103. The molecule has 2 N–H and O–H groups in total. The molecule has 0 saturated heterocycles. The molecule has 0 amide bonds. The normalized spacial score (nSPS) is 10.5. The lowest BCUT2D eigenvalue weighted by Gasteiger charge is -2.11. The summed E-state index contributed by atoms with van der Waals surface area (Å²) in [5, 5.41) is 0.103. The molecule has 0 saturated carbocycles. The summed E-state index contributed by atoms with van der Waals surface area (Å²) in [5.41, 5.74) is 8.75. The second kappa shape index (κ2) is 8.51. The SMILES string of the molecule is Fc1c(Cl)cccc1COc1cccc(CNNc2ccccc2)c1. The number of ether oxygens (including phenoxy) is 1. The van der Waals surface area contributed by atoms with Crippen molar-refractivity contribution in [3.63, 3.8) is 0 Å². The molecule has 0 spiro atoms. The van der Waals surface area contributed by atoms with Crippen molar-refractivity contribution < 1.29 is 9.13 Å². The molecule has 0 aliphatic rings. The van der Waals surface area contributed by atoms with E-state index in [-0.39, 0.29) is 11.6 Å². The van der Waals surface area contributed by atoms with Gasteiger partial charge in [-0.15, -0.1) is 0 Å². The van der Waals surface area contributed by atoms with Crippen molar-refractivity contribution in [2.75, 3.05) is 5.43 Å². The molecule has 0 radical (unpaired) electrons. The zero-order chi connectivity index (χ0) is 17.5. The van der Waals surface area contributed by atoms with Gasteiger partial charge < -0.3 is 10.2 Å². The molecule has 25 heavy (non-hydrogen) atoms. The average molecular weight is 357 g/mol. The van der Waals surface area contributed by atoms with E-state index in [1.54, 1.807) is 12.1 Å². The summed E-state index contributed by atoms with van der Waals surface area (Å²) in [4.78, 5) is 0. The lowest BCUT2D eigenvalue weighted by Crippen LogP contribution is -2.20. The Labute approximate surface area is 151 Å². The summed E-state index contributed by atoms with van der Waals surface area (Å²) in [6.45, 7) is 0.753. The van der Waals surface area contributed by atoms with Crippen LogP contribution in [-0.4, -0.2) is 0 Å². The Balaban J connectivity index is 1.55. The maximum absolute atomic E-state index is 13.9. The molecule has 3 nitrogen and oxygen atoms in total. The van der Waals surface area contributed by atoms with E-state index in [4.69, 9.17) is 16.3 Å². The third kappa shape index (κ3) is 4.95. The number of hydrazine groups is 1. The van der Waals surface area contributed by atoms with Gasteiger partial charge in [-0.3, -0.25) is 0 Å². The lowest BCUT2D eigenvalue weighted by atomic mass is 10.2. The summed E-state index contributed by atoms with van der Waals surface area (Å²) in [5.74, 6) is 0.243. The van der Waals surface area contributed by atoms with Crippen LogP contribution in [-0.2, 0) is 13.2 Å². The van der Waals surface area contributed by atoms with E-state index in [0.29, 0.717) is 17.9 Å². The average Bonchev–Trinajstić information content (AvgIpc) is 2.64. The van der Waals surface area contributed by atoms with Crippen molar-refractivity contribution in [2.45, 2.75) is 13.2 Å². The Hall–Kier alpha value is -2.56. The quantitative estimate of drug-likeness (QED) is 0.572. The van der Waals surface area contributed by atoms with Crippen LogP contribution in [0.4, 0.5) is 10.1 Å². The zero-order valence-electron chi connectivity index (χ0n) is 13.5. The first-order valence-corrected chi connectivity index (χ1v) is 8.29. The minimum atomic E-state index is -0.436. The number of nitrogens with one attached hydrogen (secondary N) is 2. The fourth-order valence-corrected chi connectivity index (χ4v) is 2.53. The van der Waals surface area contributed by atoms with Crippen molar-refractivity contribution in [1.29, 1.82) is 0 Å². The lowest BCUT2D eigenvalue weighted by molar-refractivity contribution is 0.299. The van der Waals surface area contributed by atoms with Crippen LogP contribution in [0.5, 0.6) is 5.75 Å². The smallest absolute Gasteiger partial charge is 0.148 e. The molecule has 5 heteroatoms. The fraction of sp³-hybridized carbons (Fsp3) is 0.100. The second-order valence-electron chi connectivity index (χ2n) is 5.49. The molecular formula is C20H18ClFN2O. The number of rotatable bonds is 7. The Morgan fingerprint density at radius 1 is 0.920 bits per heavy atom. The largest absolute Gasteiger partial charge is 0.489 e. The van der Waals surface area contributed by atoms with Gasteiger partial charge in [0, 0.05) is 17.8 Å². The third-order valence-electron chi connectivity index (χ3n) is 3.62. The fourth-order valence-electron chi connectivity index (χ4n) is 2.34. The van der Waals surface area contributed by atoms with Gasteiger partial charge in [-0.2, -0.15) is 0 Å². The van der Waals surface area contributed by atoms with E-state index in [1.807, 2.05) is 54.6 Å². The van der Waals surface area contributed by atoms with Crippen LogP contribution < -0.4 is 15.6 Å². The van der Waals surface area contributed by atoms with E-state index in [1.165, 1.54) is 6.07 Å². The number of para-hydroxylation sites is 1. The summed E-state index contributed by atoms with van der Waals surface area (Å²) in [6, 6.07) is 22.4. The molecule has 3 aromatic carbocycles. The van der Waals surface area contributed by atoms with Crippen molar-refractivity contribution >= 4 is 17.3 Å². The minimum Gasteiger partial charge on any atom is -0.489 e. The molecule has 0 atom stereocenters. The van der Waals surface area contributed by atoms with Crippen LogP contribution in [0.3, 0.4) is 0 Å². The molecule has 0 aliphatic heterocycles. The predicted octanol–water partition coefficient (Wildman–Crippen LogP) is 5.17. The molecule has 0 aliphatic carbocycles. The Bertz CT molecular complexity index is 827. The van der Waals surface area contributed by atoms with Gasteiger partial charge in [0.05, 0.1) is 5.02 Å². The molecular weight excluding hydrogens is 339 g/mol. The number of hydrogen-bond donors (Lipinski definition) is 2. The van der Waals surface area contributed by atoms with Gasteiger partial charge in [0.1, 0.15) is 18.2 Å². The first-order valence-electron chi connectivity index (χ1n) is 7.91. The van der Waals surface area contributed by atoms with Gasteiger partial charge >= 0.3 is 0 Å². The van der Waals surface area contributed by atoms with E-state index < -0.39 is 5.82 Å². The molecule has 0 aromatic heterocycles. The van der Waals surface area contributed by atoms with E-state index in [0.717, 1.165) is 11.3 Å². The Morgan fingerprint density at radius 3 is 2.56 bits per heavy atom. The first-order chi connectivity index (χ1) is 12.2. The number of hydrogen-bond acceptors (Lipinski definition) is 3. The highest BCUT2D eigenvalue weighted by molar-refractivity contribution is 6.30. The van der Waals surface area contributed by atoms with Crippen LogP contribution >= 0.6 is 11.6 Å². The van der Waals surface area contributed by atoms with Gasteiger partial charge in [0.2, 0.25) is 0 Å². The van der Waals surface area contributed by atoms with Gasteiger partial charge in [-0.25, -0.2) is 9.82 Å². The molecule has 0 bridgehead atoms. The summed E-state index contributed by atoms with van der Waals surface area (Å²) >= 11 is 5.78. The summed E-state index contributed by atoms with van der Waals surface area (Å²) in [7, 11) is 0. The van der Waals surface area contributed by atoms with Gasteiger partial charge in [-0.1, -0.05) is 54.1 Å². The van der Waals surface area contributed by atoms with Gasteiger partial charge in [0.25, 0.3) is 0 Å². The van der Waals surface area contributed by atoms with Crippen molar-refractivity contribution in [1.82, 2.24) is 5.43 Å². The zero-order valence-corrected chi connectivity index (χ0v) is 14.3. The number of halogens is 2. The number of benzene rings is 3. The summed E-state index contributed by atoms with van der Waals surface area (Å²) < 4.78 is 19.6. The molecule has 3 aromatic rings. The maximum atomic E-state index is 13.9. The van der Waals surface area contributed by atoms with Crippen LogP contribution in [0.25, 0.3) is 0 Å². The highest BCUT2D eigenvalue weighted by atomic mass is 35.5. The Kier molecular flexibility index (Phi) is 5.88. The van der Waals surface area contributed by atoms with Crippen molar-refractivity contribution in [3.05, 3.63) is 94.8 Å². The van der Waals surface area contributed by atoms with Crippen molar-refractivity contribution in [3.8, 4) is 5.75 Å². The van der Waals surface area contributed by atoms with Crippen LogP contribution in [0, 0.1) is 5.82 Å². The predicted molar refractivity (Wildman–Crippen MR) is 99.1 cm³/mol.